The van der Waals surface area contributed by atoms with Gasteiger partial charge in [-0.05, 0) is 37.4 Å². The van der Waals surface area contributed by atoms with E-state index in [-0.39, 0.29) is 12.1 Å². The number of hydrogen-bond acceptors (Lipinski definition) is 4. The summed E-state index contributed by atoms with van der Waals surface area (Å²) >= 11 is 1.38. The van der Waals surface area contributed by atoms with E-state index in [1.807, 2.05) is 38.4 Å². The molecule has 0 saturated heterocycles. The van der Waals surface area contributed by atoms with Crippen molar-refractivity contribution in [1.82, 2.24) is 4.90 Å². The van der Waals surface area contributed by atoms with Crippen LogP contribution in [-0.4, -0.2) is 30.6 Å². The summed E-state index contributed by atoms with van der Waals surface area (Å²) < 4.78 is 12.5. The van der Waals surface area contributed by atoms with E-state index < -0.39 is 11.6 Å². The van der Waals surface area contributed by atoms with Gasteiger partial charge in [-0.15, -0.1) is 0 Å². The number of halogens is 1. The molecule has 2 aromatic rings. The second kappa shape index (κ2) is 8.08. The summed E-state index contributed by atoms with van der Waals surface area (Å²) in [7, 11) is 3.96. The molecule has 0 atom stereocenters. The Kier molecular flexibility index (Phi) is 6.12. The average molecular weight is 334 g/mol. The van der Waals surface area contributed by atoms with E-state index in [0.717, 1.165) is 17.0 Å². The molecule has 2 rings (SSSR count). The SMILES string of the molecule is CN(C)Cc1ccccc1Sc1ccc(CCF)cc1[N+](=O)[O-]. The van der Waals surface area contributed by atoms with Crippen LogP contribution >= 0.6 is 11.8 Å². The monoisotopic (exact) mass is 334 g/mol. The van der Waals surface area contributed by atoms with Gasteiger partial charge in [0, 0.05) is 23.9 Å². The molecule has 23 heavy (non-hydrogen) atoms. The lowest BCUT2D eigenvalue weighted by atomic mass is 10.1. The van der Waals surface area contributed by atoms with Crippen molar-refractivity contribution in [2.24, 2.45) is 0 Å². The maximum Gasteiger partial charge on any atom is 0.283 e. The van der Waals surface area contributed by atoms with Gasteiger partial charge < -0.3 is 4.90 Å². The molecule has 0 radical (unpaired) electrons. The molecule has 0 bridgehead atoms. The van der Waals surface area contributed by atoms with Crippen molar-refractivity contribution in [2.45, 2.75) is 22.8 Å². The van der Waals surface area contributed by atoms with E-state index in [1.54, 1.807) is 12.1 Å². The number of nitro groups is 1. The van der Waals surface area contributed by atoms with Crippen LogP contribution in [0.1, 0.15) is 11.1 Å². The van der Waals surface area contributed by atoms with E-state index in [1.165, 1.54) is 17.8 Å². The number of nitro benzene ring substituents is 1. The molecule has 0 aliphatic carbocycles. The third kappa shape index (κ3) is 4.77. The predicted octanol–water partition coefficient (Wildman–Crippen LogP) is 4.32. The largest absolute Gasteiger partial charge is 0.305 e. The van der Waals surface area contributed by atoms with Crippen LogP contribution in [0.25, 0.3) is 0 Å². The van der Waals surface area contributed by atoms with Crippen LogP contribution in [0.4, 0.5) is 10.1 Å². The molecule has 6 heteroatoms. The van der Waals surface area contributed by atoms with Gasteiger partial charge in [0.25, 0.3) is 5.69 Å². The molecule has 0 aliphatic rings. The lowest BCUT2D eigenvalue weighted by molar-refractivity contribution is -0.387. The summed E-state index contributed by atoms with van der Waals surface area (Å²) in [5.74, 6) is 0. The van der Waals surface area contributed by atoms with Crippen LogP contribution in [-0.2, 0) is 13.0 Å². The zero-order valence-corrected chi connectivity index (χ0v) is 14.0. The maximum atomic E-state index is 12.5. The Bertz CT molecular complexity index is 692. The minimum Gasteiger partial charge on any atom is -0.305 e. The van der Waals surface area contributed by atoms with E-state index in [2.05, 4.69) is 4.90 Å². The quantitative estimate of drug-likeness (QED) is 0.559. The third-order valence-electron chi connectivity index (χ3n) is 3.28. The molecule has 0 heterocycles. The first kappa shape index (κ1) is 17.4. The number of nitrogens with zero attached hydrogens (tertiary/aromatic N) is 2. The van der Waals surface area contributed by atoms with Crippen molar-refractivity contribution in [3.63, 3.8) is 0 Å². The fraction of sp³-hybridized carbons (Fsp3) is 0.294. The topological polar surface area (TPSA) is 46.4 Å². The van der Waals surface area contributed by atoms with Crippen molar-refractivity contribution in [1.29, 1.82) is 0 Å². The van der Waals surface area contributed by atoms with Gasteiger partial charge in [-0.25, -0.2) is 0 Å². The van der Waals surface area contributed by atoms with Gasteiger partial charge in [0.1, 0.15) is 0 Å². The molecule has 0 N–H and O–H groups in total. The van der Waals surface area contributed by atoms with E-state index >= 15 is 0 Å². The Morgan fingerprint density at radius 3 is 2.57 bits per heavy atom. The molecular weight excluding hydrogens is 315 g/mol. The van der Waals surface area contributed by atoms with E-state index in [4.69, 9.17) is 0 Å². The van der Waals surface area contributed by atoms with Crippen molar-refractivity contribution < 1.29 is 9.31 Å². The van der Waals surface area contributed by atoms with Gasteiger partial charge in [-0.1, -0.05) is 36.0 Å². The van der Waals surface area contributed by atoms with Crippen molar-refractivity contribution >= 4 is 17.4 Å². The Balaban J connectivity index is 2.35. The number of rotatable bonds is 7. The molecule has 0 aromatic heterocycles. The van der Waals surface area contributed by atoms with Gasteiger partial charge in [0.2, 0.25) is 0 Å². The fourth-order valence-electron chi connectivity index (χ4n) is 2.25. The minimum atomic E-state index is -0.519. The Morgan fingerprint density at radius 2 is 1.91 bits per heavy atom. The van der Waals surface area contributed by atoms with Crippen LogP contribution in [0.15, 0.2) is 52.3 Å². The van der Waals surface area contributed by atoms with E-state index in [9.17, 15) is 14.5 Å². The molecule has 2 aromatic carbocycles. The summed E-state index contributed by atoms with van der Waals surface area (Å²) in [6.07, 6.45) is 0.197. The zero-order valence-electron chi connectivity index (χ0n) is 13.2. The predicted molar refractivity (Wildman–Crippen MR) is 90.7 cm³/mol. The molecule has 0 amide bonds. The van der Waals surface area contributed by atoms with Gasteiger partial charge in [-0.2, -0.15) is 0 Å². The van der Waals surface area contributed by atoms with Crippen molar-refractivity contribution in [3.8, 4) is 0 Å². The third-order valence-corrected chi connectivity index (χ3v) is 4.47. The summed E-state index contributed by atoms with van der Waals surface area (Å²) in [6.45, 7) is 0.242. The highest BCUT2D eigenvalue weighted by Crippen LogP contribution is 2.37. The second-order valence-corrected chi connectivity index (χ2v) is 6.53. The molecule has 0 unspecified atom stereocenters. The summed E-state index contributed by atoms with van der Waals surface area (Å²) in [5.41, 5.74) is 1.79. The first-order valence-corrected chi connectivity index (χ1v) is 8.06. The van der Waals surface area contributed by atoms with Crippen molar-refractivity contribution in [2.75, 3.05) is 20.8 Å². The summed E-state index contributed by atoms with van der Waals surface area (Å²) in [5, 5.41) is 11.3. The summed E-state index contributed by atoms with van der Waals surface area (Å²) in [4.78, 5) is 14.5. The lowest BCUT2D eigenvalue weighted by Crippen LogP contribution is -2.11. The Morgan fingerprint density at radius 1 is 1.17 bits per heavy atom. The molecule has 122 valence electrons. The van der Waals surface area contributed by atoms with Gasteiger partial charge in [-0.3, -0.25) is 14.5 Å². The lowest BCUT2D eigenvalue weighted by Gasteiger charge is -2.14. The number of hydrogen-bond donors (Lipinski definition) is 0. The van der Waals surface area contributed by atoms with Crippen LogP contribution in [0, 0.1) is 10.1 Å². The summed E-state index contributed by atoms with van der Waals surface area (Å²) in [6, 6.07) is 12.8. The fourth-order valence-corrected chi connectivity index (χ4v) is 3.27. The molecular formula is C17H19FN2O2S. The highest BCUT2D eigenvalue weighted by Gasteiger charge is 2.17. The standard InChI is InChI=1S/C17H19FN2O2S/c1-19(2)12-14-5-3-4-6-16(14)23-17-8-7-13(9-10-18)11-15(17)20(21)22/h3-8,11H,9-10,12H2,1-2H3. The highest BCUT2D eigenvalue weighted by molar-refractivity contribution is 7.99. The molecule has 0 fully saturated rings. The molecule has 0 saturated carbocycles. The van der Waals surface area contributed by atoms with E-state index in [0.29, 0.717) is 10.5 Å². The smallest absolute Gasteiger partial charge is 0.283 e. The zero-order chi connectivity index (χ0) is 16.8. The highest BCUT2D eigenvalue weighted by atomic mass is 32.2. The van der Waals surface area contributed by atoms with Gasteiger partial charge >= 0.3 is 0 Å². The average Bonchev–Trinajstić information content (AvgIpc) is 2.50. The minimum absolute atomic E-state index is 0.0283. The Hall–Kier alpha value is -1.92. The normalized spacial score (nSPS) is 11.0. The van der Waals surface area contributed by atoms with Gasteiger partial charge in [0.15, 0.2) is 0 Å². The second-order valence-electron chi connectivity index (χ2n) is 5.45. The van der Waals surface area contributed by atoms with Crippen LogP contribution < -0.4 is 0 Å². The van der Waals surface area contributed by atoms with Crippen LogP contribution in [0.2, 0.25) is 0 Å². The van der Waals surface area contributed by atoms with Crippen molar-refractivity contribution in [3.05, 3.63) is 63.7 Å². The Labute approximate surface area is 139 Å². The first-order chi connectivity index (χ1) is 11.0. The maximum absolute atomic E-state index is 12.5. The number of alkyl halides is 1. The number of aryl methyl sites for hydroxylation is 1. The molecule has 0 spiro atoms. The molecule has 4 nitrogen and oxygen atoms in total. The number of benzene rings is 2. The molecule has 0 aliphatic heterocycles. The van der Waals surface area contributed by atoms with Gasteiger partial charge in [0.05, 0.1) is 16.5 Å². The first-order valence-electron chi connectivity index (χ1n) is 7.25. The van der Waals surface area contributed by atoms with Crippen LogP contribution in [0.5, 0.6) is 0 Å². The van der Waals surface area contributed by atoms with Crippen LogP contribution in [0.3, 0.4) is 0 Å².